The second kappa shape index (κ2) is 5.21. The van der Waals surface area contributed by atoms with Crippen LogP contribution in [0, 0.1) is 31.6 Å². The van der Waals surface area contributed by atoms with Crippen LogP contribution in [-0.2, 0) is 0 Å². The fraction of sp³-hybridized carbons (Fsp3) is 0.647. The summed E-state index contributed by atoms with van der Waals surface area (Å²) in [6.07, 6.45) is 6.31. The maximum atomic E-state index is 10.6. The first-order valence-corrected chi connectivity index (χ1v) is 8.28. The molecule has 4 atom stereocenters. The third-order valence-corrected chi connectivity index (χ3v) is 6.17. The minimum atomic E-state index is -0.281. The lowest BCUT2D eigenvalue weighted by Crippen LogP contribution is -2.15. The van der Waals surface area contributed by atoms with Crippen LogP contribution in [-0.4, -0.2) is 5.11 Å². The second-order valence-electron chi connectivity index (χ2n) is 6.64. The molecule has 0 spiro atoms. The highest BCUT2D eigenvalue weighted by molar-refractivity contribution is 9.10. The highest BCUT2D eigenvalue weighted by Gasteiger charge is 2.40. The third kappa shape index (κ3) is 2.62. The van der Waals surface area contributed by atoms with Crippen molar-refractivity contribution < 1.29 is 5.11 Å². The Morgan fingerprint density at radius 2 is 2.00 bits per heavy atom. The summed E-state index contributed by atoms with van der Waals surface area (Å²) in [4.78, 5) is 0. The Labute approximate surface area is 124 Å². The molecule has 0 amide bonds. The van der Waals surface area contributed by atoms with Gasteiger partial charge in [0.2, 0.25) is 0 Å². The molecule has 2 aliphatic carbocycles. The van der Waals surface area contributed by atoms with E-state index in [1.807, 2.05) is 0 Å². The number of benzene rings is 1. The highest BCUT2D eigenvalue weighted by atomic mass is 79.9. The van der Waals surface area contributed by atoms with Crippen molar-refractivity contribution in [3.05, 3.63) is 33.3 Å². The molecule has 1 aromatic rings. The largest absolute Gasteiger partial charge is 0.388 e. The van der Waals surface area contributed by atoms with Crippen LogP contribution in [0.3, 0.4) is 0 Å². The fourth-order valence-corrected chi connectivity index (χ4v) is 4.70. The quantitative estimate of drug-likeness (QED) is 0.836. The van der Waals surface area contributed by atoms with Crippen molar-refractivity contribution in [2.24, 2.45) is 17.8 Å². The molecule has 0 heterocycles. The Kier molecular flexibility index (Phi) is 3.74. The number of aryl methyl sites for hydroxylation is 2. The van der Waals surface area contributed by atoms with Crippen molar-refractivity contribution >= 4 is 15.9 Å². The summed E-state index contributed by atoms with van der Waals surface area (Å²) in [5, 5.41) is 10.6. The number of fused-ring (bicyclic) bond motifs is 2. The number of rotatable bonds is 3. The summed E-state index contributed by atoms with van der Waals surface area (Å²) in [7, 11) is 0. The average molecular weight is 323 g/mol. The van der Waals surface area contributed by atoms with E-state index in [0.717, 1.165) is 34.2 Å². The zero-order valence-electron chi connectivity index (χ0n) is 11.8. The van der Waals surface area contributed by atoms with Gasteiger partial charge in [-0.25, -0.2) is 0 Å². The summed E-state index contributed by atoms with van der Waals surface area (Å²) in [5.41, 5.74) is 3.55. The molecule has 1 N–H and O–H groups in total. The van der Waals surface area contributed by atoms with Crippen molar-refractivity contribution in [2.75, 3.05) is 0 Å². The Morgan fingerprint density at radius 3 is 2.63 bits per heavy atom. The van der Waals surface area contributed by atoms with Crippen LogP contribution >= 0.6 is 15.9 Å². The Hall–Kier alpha value is -0.340. The van der Waals surface area contributed by atoms with Gasteiger partial charge in [0.05, 0.1) is 6.10 Å². The molecule has 2 saturated carbocycles. The number of hydrogen-bond donors (Lipinski definition) is 1. The van der Waals surface area contributed by atoms with Gasteiger partial charge in [-0.15, -0.1) is 0 Å². The van der Waals surface area contributed by atoms with Crippen LogP contribution in [0.2, 0.25) is 0 Å². The summed E-state index contributed by atoms with van der Waals surface area (Å²) in [5.74, 6) is 2.63. The fourth-order valence-electron chi connectivity index (χ4n) is 4.24. The average Bonchev–Trinajstić information content (AvgIpc) is 2.95. The second-order valence-corrected chi connectivity index (χ2v) is 7.50. The molecule has 2 bridgehead atoms. The van der Waals surface area contributed by atoms with E-state index in [4.69, 9.17) is 0 Å². The summed E-state index contributed by atoms with van der Waals surface area (Å²) in [6.45, 7) is 4.20. The van der Waals surface area contributed by atoms with Gasteiger partial charge >= 0.3 is 0 Å². The molecule has 4 unspecified atom stereocenters. The lowest BCUT2D eigenvalue weighted by Gasteiger charge is -2.25. The lowest BCUT2D eigenvalue weighted by atomic mass is 9.83. The van der Waals surface area contributed by atoms with Gasteiger partial charge in [0.25, 0.3) is 0 Å². The molecule has 2 fully saturated rings. The molecule has 0 saturated heterocycles. The van der Waals surface area contributed by atoms with Crippen molar-refractivity contribution in [1.29, 1.82) is 0 Å². The van der Waals surface area contributed by atoms with Gasteiger partial charge in [0, 0.05) is 4.47 Å². The van der Waals surface area contributed by atoms with Crippen LogP contribution in [0.5, 0.6) is 0 Å². The Balaban J connectivity index is 1.73. The predicted molar refractivity (Wildman–Crippen MR) is 82.1 cm³/mol. The molecule has 0 aliphatic heterocycles. The Morgan fingerprint density at radius 1 is 1.21 bits per heavy atom. The van der Waals surface area contributed by atoms with E-state index >= 15 is 0 Å². The van der Waals surface area contributed by atoms with Gasteiger partial charge in [0.15, 0.2) is 0 Å². The van der Waals surface area contributed by atoms with Crippen molar-refractivity contribution in [3.63, 3.8) is 0 Å². The van der Waals surface area contributed by atoms with Crippen LogP contribution in [0.4, 0.5) is 0 Å². The molecule has 19 heavy (non-hydrogen) atoms. The van der Waals surface area contributed by atoms with Gasteiger partial charge < -0.3 is 5.11 Å². The van der Waals surface area contributed by atoms with Gasteiger partial charge in [0.1, 0.15) is 0 Å². The molecule has 104 valence electrons. The zero-order valence-corrected chi connectivity index (χ0v) is 13.4. The van der Waals surface area contributed by atoms with Crippen molar-refractivity contribution in [3.8, 4) is 0 Å². The number of hydrogen-bond acceptors (Lipinski definition) is 1. The molecule has 0 aromatic heterocycles. The minimum Gasteiger partial charge on any atom is -0.388 e. The zero-order chi connectivity index (χ0) is 13.6. The van der Waals surface area contributed by atoms with E-state index in [9.17, 15) is 5.11 Å². The maximum Gasteiger partial charge on any atom is 0.0795 e. The first kappa shape index (κ1) is 13.6. The number of halogens is 1. The topological polar surface area (TPSA) is 20.2 Å². The lowest BCUT2D eigenvalue weighted by molar-refractivity contribution is 0.125. The predicted octanol–water partition coefficient (Wildman–Crippen LogP) is 4.93. The molecular formula is C17H23BrO. The van der Waals surface area contributed by atoms with Crippen LogP contribution in [0.25, 0.3) is 0 Å². The van der Waals surface area contributed by atoms with E-state index in [1.165, 1.54) is 36.8 Å². The molecule has 0 radical (unpaired) electrons. The minimum absolute atomic E-state index is 0.281. The summed E-state index contributed by atoms with van der Waals surface area (Å²) >= 11 is 3.56. The first-order valence-electron chi connectivity index (χ1n) is 7.49. The molecule has 3 rings (SSSR count). The van der Waals surface area contributed by atoms with Crippen LogP contribution in [0.15, 0.2) is 16.6 Å². The normalized spacial score (nSPS) is 30.8. The standard InChI is InChI=1S/C17H23BrO/c1-10-6-16(18)11(2)5-15(10)17(19)9-14-8-12-3-4-13(14)7-12/h5-6,12-14,17,19H,3-4,7-9H2,1-2H3. The molecular weight excluding hydrogens is 300 g/mol. The molecule has 2 aliphatic rings. The molecule has 1 nitrogen and oxygen atoms in total. The van der Waals surface area contributed by atoms with E-state index in [0.29, 0.717) is 0 Å². The van der Waals surface area contributed by atoms with Crippen LogP contribution < -0.4 is 0 Å². The smallest absolute Gasteiger partial charge is 0.0795 e. The van der Waals surface area contributed by atoms with Crippen LogP contribution in [0.1, 0.15) is 54.9 Å². The van der Waals surface area contributed by atoms with Gasteiger partial charge in [-0.3, -0.25) is 0 Å². The van der Waals surface area contributed by atoms with E-state index in [1.54, 1.807) is 0 Å². The monoisotopic (exact) mass is 322 g/mol. The first-order chi connectivity index (χ1) is 9.04. The SMILES string of the molecule is Cc1cc(C(O)CC2CC3CCC2C3)c(C)cc1Br. The number of aliphatic hydroxyl groups excluding tert-OH is 1. The van der Waals surface area contributed by atoms with E-state index in [-0.39, 0.29) is 6.10 Å². The third-order valence-electron chi connectivity index (χ3n) is 5.32. The Bertz CT molecular complexity index is 482. The van der Waals surface area contributed by atoms with Gasteiger partial charge in [-0.1, -0.05) is 28.4 Å². The van der Waals surface area contributed by atoms with E-state index in [2.05, 4.69) is 41.9 Å². The molecule has 2 heteroatoms. The van der Waals surface area contributed by atoms with Crippen molar-refractivity contribution in [2.45, 2.75) is 52.1 Å². The van der Waals surface area contributed by atoms with Crippen molar-refractivity contribution in [1.82, 2.24) is 0 Å². The van der Waals surface area contributed by atoms with E-state index < -0.39 is 0 Å². The highest BCUT2D eigenvalue weighted by Crippen LogP contribution is 2.51. The summed E-state index contributed by atoms with van der Waals surface area (Å²) < 4.78 is 1.14. The van der Waals surface area contributed by atoms with Gasteiger partial charge in [-0.05, 0) is 80.0 Å². The van der Waals surface area contributed by atoms with Gasteiger partial charge in [-0.2, -0.15) is 0 Å². The molecule has 1 aromatic carbocycles. The maximum absolute atomic E-state index is 10.6. The number of aliphatic hydroxyl groups is 1. The summed E-state index contributed by atoms with van der Waals surface area (Å²) in [6, 6.07) is 4.28.